The number of ether oxygens (including phenoxy) is 1. The van der Waals surface area contributed by atoms with Crippen molar-refractivity contribution in [3.8, 4) is 5.75 Å². The summed E-state index contributed by atoms with van der Waals surface area (Å²) in [5.74, 6) is -0.392. The van der Waals surface area contributed by atoms with Crippen molar-refractivity contribution in [2.75, 3.05) is 0 Å². The van der Waals surface area contributed by atoms with E-state index in [1.165, 1.54) is 10.6 Å². The van der Waals surface area contributed by atoms with E-state index in [4.69, 9.17) is 11.6 Å². The summed E-state index contributed by atoms with van der Waals surface area (Å²) >= 11 is 9.12. The Hall–Kier alpha value is -1.47. The molecule has 1 unspecified atom stereocenters. The maximum atomic E-state index is 14.3. The fraction of sp³-hybridized carbons (Fsp3) is 0.353. The summed E-state index contributed by atoms with van der Waals surface area (Å²) < 4.78 is 46.3. The lowest BCUT2D eigenvalue weighted by Crippen LogP contribution is -2.24. The second kappa shape index (κ2) is 7.41. The Morgan fingerprint density at radius 2 is 2.16 bits per heavy atom. The van der Waals surface area contributed by atoms with Crippen molar-refractivity contribution < 1.29 is 17.9 Å². The average Bonchev–Trinajstić information content (AvgIpc) is 2.54. The highest BCUT2D eigenvalue weighted by Gasteiger charge is 2.24. The van der Waals surface area contributed by atoms with Gasteiger partial charge in [-0.3, -0.25) is 4.99 Å². The summed E-state index contributed by atoms with van der Waals surface area (Å²) in [6.07, 6.45) is 3.64. The minimum Gasteiger partial charge on any atom is -0.431 e. The van der Waals surface area contributed by atoms with Crippen LogP contribution in [0.4, 0.5) is 13.2 Å². The topological polar surface area (TPSA) is 26.5 Å². The Bertz CT molecular complexity index is 870. The van der Waals surface area contributed by atoms with Crippen molar-refractivity contribution in [3.63, 3.8) is 0 Å². The van der Waals surface area contributed by atoms with E-state index in [1.807, 2.05) is 6.07 Å². The lowest BCUT2D eigenvalue weighted by Gasteiger charge is -2.23. The molecule has 0 spiro atoms. The lowest BCUT2D eigenvalue weighted by molar-refractivity contribution is -0.0513. The molecule has 0 saturated carbocycles. The summed E-state index contributed by atoms with van der Waals surface area (Å²) in [5.41, 5.74) is 1.62. The van der Waals surface area contributed by atoms with Crippen molar-refractivity contribution in [2.45, 2.75) is 31.9 Å². The third-order valence-electron chi connectivity index (χ3n) is 4.13. The number of fused-ring (bicyclic) bond motifs is 1. The summed E-state index contributed by atoms with van der Waals surface area (Å²) in [7, 11) is 1.65. The Morgan fingerprint density at radius 3 is 2.88 bits per heavy atom. The van der Waals surface area contributed by atoms with Crippen LogP contribution in [0.1, 0.15) is 30.0 Å². The fourth-order valence-corrected chi connectivity index (χ4v) is 3.68. The van der Waals surface area contributed by atoms with Crippen LogP contribution in [0, 0.1) is 5.82 Å². The molecule has 1 aliphatic rings. The van der Waals surface area contributed by atoms with E-state index < -0.39 is 6.61 Å². The molecule has 3 rings (SSSR count). The van der Waals surface area contributed by atoms with Crippen LogP contribution in [0.3, 0.4) is 0 Å². The molecule has 3 nitrogen and oxygen atoms in total. The minimum atomic E-state index is -2.99. The van der Waals surface area contributed by atoms with E-state index >= 15 is 0 Å². The first-order valence-electron chi connectivity index (χ1n) is 7.68. The summed E-state index contributed by atoms with van der Waals surface area (Å²) in [6.45, 7) is -2.99. The molecule has 8 heteroatoms. The molecule has 25 heavy (non-hydrogen) atoms. The van der Waals surface area contributed by atoms with Gasteiger partial charge in [0.2, 0.25) is 0 Å². The van der Waals surface area contributed by atoms with E-state index in [-0.39, 0.29) is 28.1 Å². The number of rotatable bonds is 3. The monoisotopic (exact) mass is 434 g/mol. The van der Waals surface area contributed by atoms with Crippen molar-refractivity contribution in [2.24, 2.45) is 12.0 Å². The second-order valence-electron chi connectivity index (χ2n) is 5.80. The molecule has 0 saturated heterocycles. The Balaban J connectivity index is 2.13. The molecule has 0 bridgehead atoms. The molecule has 0 radical (unpaired) electrons. The van der Waals surface area contributed by atoms with Crippen LogP contribution >= 0.6 is 27.5 Å². The van der Waals surface area contributed by atoms with Gasteiger partial charge in [-0.2, -0.15) is 8.78 Å². The fourth-order valence-electron chi connectivity index (χ4n) is 3.07. The van der Waals surface area contributed by atoms with Crippen LogP contribution in [0.2, 0.25) is 5.02 Å². The average molecular weight is 436 g/mol. The molecule has 0 amide bonds. The third-order valence-corrected chi connectivity index (χ3v) is 4.95. The Labute approximate surface area is 156 Å². The molecule has 2 aromatic rings. The van der Waals surface area contributed by atoms with Gasteiger partial charge in [-0.1, -0.05) is 17.7 Å². The van der Waals surface area contributed by atoms with Crippen LogP contribution < -0.4 is 10.2 Å². The van der Waals surface area contributed by atoms with Gasteiger partial charge in [0.05, 0.1) is 15.5 Å². The Kier molecular flexibility index (Phi) is 5.43. The van der Waals surface area contributed by atoms with Crippen molar-refractivity contribution >= 4 is 27.5 Å². The number of pyridine rings is 1. The number of aromatic nitrogens is 1. The molecule has 1 aromatic carbocycles. The zero-order valence-corrected chi connectivity index (χ0v) is 15.6. The molecule has 134 valence electrons. The first-order chi connectivity index (χ1) is 11.9. The number of alkyl halides is 2. The first kappa shape index (κ1) is 18.3. The van der Waals surface area contributed by atoms with Crippen LogP contribution in [0.15, 0.2) is 33.9 Å². The number of benzene rings is 1. The molecule has 1 atom stereocenters. The third kappa shape index (κ3) is 3.87. The standard InChI is InChI=1S/C17H15BrClF3N2O/c1-24-8-9(19)7-14(25-17(21)22)16(24)23-13-4-2-3-11-10(13)5-6-12(18)15(11)20/h5-8,13,17H,2-4H2,1H3. The molecule has 1 aliphatic carbocycles. The van der Waals surface area contributed by atoms with Gasteiger partial charge in [-0.25, -0.2) is 4.39 Å². The van der Waals surface area contributed by atoms with Crippen LogP contribution in [0.5, 0.6) is 5.75 Å². The summed E-state index contributed by atoms with van der Waals surface area (Å²) in [5, 5.41) is 0.260. The van der Waals surface area contributed by atoms with Crippen molar-refractivity contribution in [1.29, 1.82) is 0 Å². The van der Waals surface area contributed by atoms with Gasteiger partial charge >= 0.3 is 6.61 Å². The van der Waals surface area contributed by atoms with E-state index in [0.29, 0.717) is 22.9 Å². The van der Waals surface area contributed by atoms with E-state index in [2.05, 4.69) is 25.7 Å². The normalized spacial score (nSPS) is 17.7. The molecule has 1 aromatic heterocycles. The van der Waals surface area contributed by atoms with E-state index in [9.17, 15) is 13.2 Å². The smallest absolute Gasteiger partial charge is 0.387 e. The number of halogens is 5. The lowest BCUT2D eigenvalue weighted by atomic mass is 9.87. The van der Waals surface area contributed by atoms with E-state index in [0.717, 1.165) is 12.0 Å². The zero-order chi connectivity index (χ0) is 18.1. The molecule has 0 fully saturated rings. The highest BCUT2D eigenvalue weighted by molar-refractivity contribution is 9.10. The van der Waals surface area contributed by atoms with E-state index in [1.54, 1.807) is 19.3 Å². The first-order valence-corrected chi connectivity index (χ1v) is 8.85. The molecule has 0 aliphatic heterocycles. The predicted molar refractivity (Wildman–Crippen MR) is 92.4 cm³/mol. The largest absolute Gasteiger partial charge is 0.431 e. The van der Waals surface area contributed by atoms with Gasteiger partial charge in [-0.05, 0) is 52.4 Å². The summed E-state index contributed by atoms with van der Waals surface area (Å²) in [4.78, 5) is 4.59. The van der Waals surface area contributed by atoms with Gasteiger partial charge in [0, 0.05) is 19.3 Å². The molecular weight excluding hydrogens is 421 g/mol. The van der Waals surface area contributed by atoms with Crippen LogP contribution in [-0.2, 0) is 13.5 Å². The van der Waals surface area contributed by atoms with Crippen molar-refractivity contribution in [1.82, 2.24) is 4.57 Å². The van der Waals surface area contributed by atoms with Crippen LogP contribution in [0.25, 0.3) is 0 Å². The number of hydrogen-bond acceptors (Lipinski definition) is 2. The second-order valence-corrected chi connectivity index (χ2v) is 7.09. The molecular formula is C17H15BrClF3N2O. The van der Waals surface area contributed by atoms with Gasteiger partial charge < -0.3 is 9.30 Å². The zero-order valence-electron chi connectivity index (χ0n) is 13.3. The number of hydrogen-bond donors (Lipinski definition) is 0. The van der Waals surface area contributed by atoms with Crippen molar-refractivity contribution in [3.05, 3.63) is 56.3 Å². The SMILES string of the molecule is Cn1cc(Cl)cc(OC(F)F)c1=NC1CCCc2c1ccc(Br)c2F. The maximum Gasteiger partial charge on any atom is 0.387 e. The maximum absolute atomic E-state index is 14.3. The van der Waals surface area contributed by atoms with Gasteiger partial charge in [-0.15, -0.1) is 0 Å². The highest BCUT2D eigenvalue weighted by Crippen LogP contribution is 2.36. The number of nitrogens with zero attached hydrogens (tertiary/aromatic N) is 2. The summed E-state index contributed by atoms with van der Waals surface area (Å²) in [6, 6.07) is 4.43. The van der Waals surface area contributed by atoms with Gasteiger partial charge in [0.1, 0.15) is 5.82 Å². The molecule has 1 heterocycles. The van der Waals surface area contributed by atoms with Gasteiger partial charge in [0.25, 0.3) is 0 Å². The molecule has 0 N–H and O–H groups in total. The Morgan fingerprint density at radius 1 is 1.40 bits per heavy atom. The number of aryl methyl sites for hydroxylation is 1. The quantitative estimate of drug-likeness (QED) is 0.654. The van der Waals surface area contributed by atoms with Gasteiger partial charge in [0.15, 0.2) is 11.2 Å². The predicted octanol–water partition coefficient (Wildman–Crippen LogP) is 5.16. The minimum absolute atomic E-state index is 0.102. The van der Waals surface area contributed by atoms with Crippen LogP contribution in [-0.4, -0.2) is 11.2 Å². The highest BCUT2D eigenvalue weighted by atomic mass is 79.9.